The molecule has 0 aliphatic rings. The van der Waals surface area contributed by atoms with Gasteiger partial charge in [0.05, 0.1) is 5.75 Å². The number of hydrogen-bond donors (Lipinski definition) is 1. The molecule has 0 aliphatic carbocycles. The Morgan fingerprint density at radius 2 is 1.78 bits per heavy atom. The first kappa shape index (κ1) is 15.0. The third-order valence-corrected chi connectivity index (χ3v) is 5.26. The van der Waals surface area contributed by atoms with Gasteiger partial charge < -0.3 is 5.73 Å². The monoisotopic (exact) mass is 270 g/mol. The van der Waals surface area contributed by atoms with E-state index in [2.05, 4.69) is 0 Å². The van der Waals surface area contributed by atoms with Crippen LogP contribution in [0.25, 0.3) is 0 Å². The zero-order chi connectivity index (χ0) is 13.9. The Hall–Kier alpha value is -1.07. The Morgan fingerprint density at radius 1 is 1.22 bits per heavy atom. The molecule has 18 heavy (non-hydrogen) atoms. The first-order valence-corrected chi connectivity index (χ1v) is 7.65. The number of nitrogen functional groups attached to an aromatic ring is 1. The van der Waals surface area contributed by atoms with Gasteiger partial charge in [0, 0.05) is 18.8 Å². The summed E-state index contributed by atoms with van der Waals surface area (Å²) >= 11 is 0. The van der Waals surface area contributed by atoms with E-state index in [4.69, 9.17) is 5.73 Å². The van der Waals surface area contributed by atoms with E-state index in [1.165, 1.54) is 4.31 Å². The molecule has 4 nitrogen and oxygen atoms in total. The van der Waals surface area contributed by atoms with Crippen molar-refractivity contribution in [2.75, 3.05) is 12.8 Å². The lowest BCUT2D eigenvalue weighted by molar-refractivity contribution is 0.315. The molecular weight excluding hydrogens is 248 g/mol. The maximum absolute atomic E-state index is 12.3. The Morgan fingerprint density at radius 3 is 2.28 bits per heavy atom. The summed E-state index contributed by atoms with van der Waals surface area (Å²) in [6, 6.07) is 7.04. The van der Waals surface area contributed by atoms with Crippen LogP contribution < -0.4 is 5.73 Å². The summed E-state index contributed by atoms with van der Waals surface area (Å²) in [4.78, 5) is 0. The Bertz CT molecular complexity index is 497. The molecule has 102 valence electrons. The molecule has 0 spiro atoms. The van der Waals surface area contributed by atoms with Crippen LogP contribution >= 0.6 is 0 Å². The molecule has 0 bridgehead atoms. The van der Waals surface area contributed by atoms with Crippen LogP contribution in [0.15, 0.2) is 24.3 Å². The largest absolute Gasteiger partial charge is 0.398 e. The van der Waals surface area contributed by atoms with Gasteiger partial charge in [0.2, 0.25) is 10.0 Å². The summed E-state index contributed by atoms with van der Waals surface area (Å²) in [5.41, 5.74) is 6.95. The van der Waals surface area contributed by atoms with Crippen molar-refractivity contribution in [3.05, 3.63) is 29.8 Å². The molecule has 0 heterocycles. The third-order valence-electron chi connectivity index (χ3n) is 3.37. The predicted octanol–water partition coefficient (Wildman–Crippen LogP) is 2.07. The van der Waals surface area contributed by atoms with Crippen molar-refractivity contribution in [2.24, 2.45) is 5.92 Å². The second-order valence-electron chi connectivity index (χ2n) is 4.96. The van der Waals surface area contributed by atoms with Crippen LogP contribution in [-0.2, 0) is 15.8 Å². The first-order valence-electron chi connectivity index (χ1n) is 6.04. The fourth-order valence-electron chi connectivity index (χ4n) is 1.64. The minimum absolute atomic E-state index is 0.0278. The van der Waals surface area contributed by atoms with Crippen molar-refractivity contribution < 1.29 is 8.42 Å². The summed E-state index contributed by atoms with van der Waals surface area (Å²) in [7, 11) is -1.70. The van der Waals surface area contributed by atoms with Gasteiger partial charge in [0.1, 0.15) is 0 Å². The molecule has 0 fully saturated rings. The van der Waals surface area contributed by atoms with Crippen LogP contribution in [0.2, 0.25) is 0 Å². The number of hydrogen-bond acceptors (Lipinski definition) is 3. The molecule has 0 aromatic heterocycles. The van der Waals surface area contributed by atoms with Crippen molar-refractivity contribution in [3.8, 4) is 0 Å². The zero-order valence-electron chi connectivity index (χ0n) is 11.4. The molecule has 2 N–H and O–H groups in total. The van der Waals surface area contributed by atoms with Crippen molar-refractivity contribution in [1.29, 1.82) is 0 Å². The smallest absolute Gasteiger partial charge is 0.218 e. The van der Waals surface area contributed by atoms with Gasteiger partial charge in [0.15, 0.2) is 0 Å². The van der Waals surface area contributed by atoms with Gasteiger partial charge in [-0.15, -0.1) is 0 Å². The molecule has 0 saturated heterocycles. The number of para-hydroxylation sites is 1. The molecule has 5 heteroatoms. The van der Waals surface area contributed by atoms with Crippen LogP contribution in [0, 0.1) is 5.92 Å². The number of nitrogens with two attached hydrogens (primary N) is 1. The summed E-state index contributed by atoms with van der Waals surface area (Å²) in [5.74, 6) is 0.227. The van der Waals surface area contributed by atoms with Gasteiger partial charge in [-0.05, 0) is 24.5 Å². The standard InChI is InChI=1S/C13H22N2O2S/c1-10(2)11(3)15(4)18(16,17)9-12-7-5-6-8-13(12)14/h5-8,10-11H,9,14H2,1-4H3. The van der Waals surface area contributed by atoms with Gasteiger partial charge in [-0.3, -0.25) is 0 Å². The van der Waals surface area contributed by atoms with Gasteiger partial charge in [-0.2, -0.15) is 0 Å². The van der Waals surface area contributed by atoms with E-state index in [0.717, 1.165) is 0 Å². The maximum Gasteiger partial charge on any atom is 0.218 e. The third kappa shape index (κ3) is 3.46. The van der Waals surface area contributed by atoms with E-state index in [1.54, 1.807) is 31.3 Å². The van der Waals surface area contributed by atoms with Crippen molar-refractivity contribution in [2.45, 2.75) is 32.6 Å². The van der Waals surface area contributed by atoms with E-state index in [-0.39, 0.29) is 17.7 Å². The zero-order valence-corrected chi connectivity index (χ0v) is 12.2. The Balaban J connectivity index is 2.92. The number of sulfonamides is 1. The highest BCUT2D eigenvalue weighted by atomic mass is 32.2. The SMILES string of the molecule is CC(C)C(C)N(C)S(=O)(=O)Cc1ccccc1N. The van der Waals surface area contributed by atoms with Gasteiger partial charge in [-0.25, -0.2) is 12.7 Å². The summed E-state index contributed by atoms with van der Waals surface area (Å²) < 4.78 is 26.0. The van der Waals surface area contributed by atoms with E-state index in [1.807, 2.05) is 20.8 Å². The van der Waals surface area contributed by atoms with Crippen LogP contribution in [0.1, 0.15) is 26.3 Å². The molecule has 1 aromatic carbocycles. The van der Waals surface area contributed by atoms with Crippen LogP contribution in [0.5, 0.6) is 0 Å². The molecule has 1 aromatic rings. The molecular formula is C13H22N2O2S. The lowest BCUT2D eigenvalue weighted by Gasteiger charge is -2.27. The van der Waals surface area contributed by atoms with E-state index < -0.39 is 10.0 Å². The van der Waals surface area contributed by atoms with Gasteiger partial charge in [0.25, 0.3) is 0 Å². The minimum Gasteiger partial charge on any atom is -0.398 e. The molecule has 1 atom stereocenters. The lowest BCUT2D eigenvalue weighted by atomic mass is 10.1. The molecule has 0 saturated carbocycles. The number of anilines is 1. The van der Waals surface area contributed by atoms with E-state index in [0.29, 0.717) is 11.3 Å². The van der Waals surface area contributed by atoms with Gasteiger partial charge in [-0.1, -0.05) is 32.0 Å². The van der Waals surface area contributed by atoms with E-state index in [9.17, 15) is 8.42 Å². The molecule has 0 aliphatic heterocycles. The number of rotatable bonds is 5. The fraction of sp³-hybridized carbons (Fsp3) is 0.538. The van der Waals surface area contributed by atoms with Crippen molar-refractivity contribution in [1.82, 2.24) is 4.31 Å². The highest BCUT2D eigenvalue weighted by Crippen LogP contribution is 2.19. The highest BCUT2D eigenvalue weighted by Gasteiger charge is 2.25. The Labute approximate surface area is 110 Å². The molecule has 1 unspecified atom stereocenters. The van der Waals surface area contributed by atoms with E-state index >= 15 is 0 Å². The second kappa shape index (κ2) is 5.71. The Kier molecular flexibility index (Phi) is 4.76. The fourth-order valence-corrected chi connectivity index (χ4v) is 3.25. The predicted molar refractivity (Wildman–Crippen MR) is 75.5 cm³/mol. The molecule has 0 amide bonds. The summed E-state index contributed by atoms with van der Waals surface area (Å²) in [5, 5.41) is 0. The van der Waals surface area contributed by atoms with Crippen LogP contribution in [0.3, 0.4) is 0 Å². The quantitative estimate of drug-likeness (QED) is 0.833. The van der Waals surface area contributed by atoms with Crippen LogP contribution in [-0.4, -0.2) is 25.8 Å². The normalized spacial score (nSPS) is 14.1. The summed E-state index contributed by atoms with van der Waals surface area (Å²) in [6.45, 7) is 5.93. The molecule has 0 radical (unpaired) electrons. The number of benzene rings is 1. The minimum atomic E-state index is -3.33. The maximum atomic E-state index is 12.3. The first-order chi connectivity index (χ1) is 8.25. The van der Waals surface area contributed by atoms with Crippen LogP contribution in [0.4, 0.5) is 5.69 Å². The highest BCUT2D eigenvalue weighted by molar-refractivity contribution is 7.88. The summed E-state index contributed by atoms with van der Waals surface area (Å²) in [6.07, 6.45) is 0. The average molecular weight is 270 g/mol. The van der Waals surface area contributed by atoms with Crippen molar-refractivity contribution >= 4 is 15.7 Å². The number of nitrogens with zero attached hydrogens (tertiary/aromatic N) is 1. The lowest BCUT2D eigenvalue weighted by Crippen LogP contribution is -2.38. The average Bonchev–Trinajstić information content (AvgIpc) is 2.29. The second-order valence-corrected chi connectivity index (χ2v) is 6.98. The topological polar surface area (TPSA) is 63.4 Å². The van der Waals surface area contributed by atoms with Crippen molar-refractivity contribution in [3.63, 3.8) is 0 Å². The molecule has 1 rings (SSSR count). The van der Waals surface area contributed by atoms with Gasteiger partial charge >= 0.3 is 0 Å².